The third-order valence-electron chi connectivity index (χ3n) is 2.34. The first-order chi connectivity index (χ1) is 6.92. The predicted molar refractivity (Wildman–Crippen MR) is 63.8 cm³/mol. The van der Waals surface area contributed by atoms with Crippen LogP contribution in [0, 0.1) is 0 Å². The molecule has 1 aromatic carbocycles. The largest absolute Gasteiger partial charge is 0.361 e. The molecule has 0 radical (unpaired) electrons. The molecule has 2 N–H and O–H groups in total. The zero-order chi connectivity index (χ0) is 9.80. The topological polar surface area (TPSA) is 27.8 Å². The van der Waals surface area contributed by atoms with Gasteiger partial charge in [0.2, 0.25) is 0 Å². The molecule has 0 saturated heterocycles. The Kier molecular flexibility index (Phi) is 3.22. The van der Waals surface area contributed by atoms with E-state index in [2.05, 4.69) is 56.7 Å². The summed E-state index contributed by atoms with van der Waals surface area (Å²) in [7, 11) is 0. The van der Waals surface area contributed by atoms with E-state index in [1.165, 1.54) is 16.5 Å². The van der Waals surface area contributed by atoms with E-state index in [9.17, 15) is 0 Å². The van der Waals surface area contributed by atoms with Crippen LogP contribution >= 0.6 is 15.9 Å². The second kappa shape index (κ2) is 4.62. The molecule has 2 rings (SSSR count). The Morgan fingerprint density at radius 1 is 1.29 bits per heavy atom. The van der Waals surface area contributed by atoms with Gasteiger partial charge in [-0.15, -0.1) is 0 Å². The molecule has 2 aromatic rings. The molecule has 2 nitrogen and oxygen atoms in total. The van der Waals surface area contributed by atoms with Crippen LogP contribution in [0.1, 0.15) is 5.56 Å². The number of hydrogen-bond donors (Lipinski definition) is 2. The number of nitrogens with one attached hydrogen (secondary N) is 2. The van der Waals surface area contributed by atoms with E-state index < -0.39 is 0 Å². The number of alkyl halides is 1. The lowest BCUT2D eigenvalue weighted by molar-refractivity contribution is 0.782. The molecule has 14 heavy (non-hydrogen) atoms. The quantitative estimate of drug-likeness (QED) is 0.489. The summed E-state index contributed by atoms with van der Waals surface area (Å²) in [6.45, 7) is 1.01. The Morgan fingerprint density at radius 2 is 2.14 bits per heavy atom. The maximum atomic E-state index is 3.34. The Bertz CT molecular complexity index is 408. The number of H-pyrrole nitrogens is 1. The number of halogens is 1. The zero-order valence-electron chi connectivity index (χ0n) is 7.89. The summed E-state index contributed by atoms with van der Waals surface area (Å²) in [5.74, 6) is 0. The average Bonchev–Trinajstić information content (AvgIpc) is 2.63. The van der Waals surface area contributed by atoms with Crippen LogP contribution in [-0.2, 0) is 6.42 Å². The first kappa shape index (κ1) is 9.74. The van der Waals surface area contributed by atoms with Crippen molar-refractivity contribution >= 4 is 26.8 Å². The van der Waals surface area contributed by atoms with Crippen LogP contribution in [0.5, 0.6) is 0 Å². The summed E-state index contributed by atoms with van der Waals surface area (Å²) in [5.41, 5.74) is 3.46. The van der Waals surface area contributed by atoms with Crippen LogP contribution in [0.2, 0.25) is 0 Å². The van der Waals surface area contributed by atoms with Gasteiger partial charge in [0.1, 0.15) is 0 Å². The van der Waals surface area contributed by atoms with Crippen LogP contribution in [0.4, 0.5) is 0 Å². The van der Waals surface area contributed by atoms with E-state index in [4.69, 9.17) is 0 Å². The second-order valence-corrected chi connectivity index (χ2v) is 3.80. The van der Waals surface area contributed by atoms with E-state index in [-0.39, 0.29) is 0 Å². The van der Waals surface area contributed by atoms with Gasteiger partial charge in [0.05, 0.1) is 5.45 Å². The predicted octanol–water partition coefficient (Wildman–Crippen LogP) is 2.65. The van der Waals surface area contributed by atoms with Crippen molar-refractivity contribution in [2.45, 2.75) is 6.42 Å². The molecule has 74 valence electrons. The van der Waals surface area contributed by atoms with E-state index >= 15 is 0 Å². The fourth-order valence-corrected chi connectivity index (χ4v) is 1.91. The first-order valence-corrected chi connectivity index (χ1v) is 5.85. The minimum atomic E-state index is 0.857. The maximum absolute atomic E-state index is 3.34. The van der Waals surface area contributed by atoms with Crippen molar-refractivity contribution in [3.8, 4) is 0 Å². The first-order valence-electron chi connectivity index (χ1n) is 4.73. The number of aromatic amines is 1. The summed E-state index contributed by atoms with van der Waals surface area (Å²) in [4.78, 5) is 3.28. The standard InChI is InChI=1S/C11H13BrN2/c12-8-13-6-5-9-7-14-11-4-2-1-3-10(9)11/h1-4,7,13-14H,5-6,8H2. The van der Waals surface area contributed by atoms with Crippen LogP contribution in [0.25, 0.3) is 10.9 Å². The van der Waals surface area contributed by atoms with Gasteiger partial charge >= 0.3 is 0 Å². The van der Waals surface area contributed by atoms with E-state index in [0.717, 1.165) is 18.4 Å². The molecule has 0 saturated carbocycles. The molecule has 0 spiro atoms. The third-order valence-corrected chi connectivity index (χ3v) is 2.74. The van der Waals surface area contributed by atoms with Gasteiger partial charge in [-0.3, -0.25) is 0 Å². The van der Waals surface area contributed by atoms with Gasteiger partial charge in [0.25, 0.3) is 0 Å². The van der Waals surface area contributed by atoms with E-state index in [1.807, 2.05) is 0 Å². The molecule has 1 heterocycles. The number of para-hydroxylation sites is 1. The van der Waals surface area contributed by atoms with Crippen molar-refractivity contribution in [1.29, 1.82) is 0 Å². The maximum Gasteiger partial charge on any atom is 0.0517 e. The van der Waals surface area contributed by atoms with Crippen molar-refractivity contribution in [1.82, 2.24) is 10.3 Å². The summed E-state index contributed by atoms with van der Waals surface area (Å²) >= 11 is 3.34. The lowest BCUT2D eigenvalue weighted by Gasteiger charge is -1.99. The molecule has 0 aliphatic heterocycles. The highest BCUT2D eigenvalue weighted by Crippen LogP contribution is 2.17. The fraction of sp³-hybridized carbons (Fsp3) is 0.273. The van der Waals surface area contributed by atoms with Gasteiger partial charge in [-0.2, -0.15) is 0 Å². The van der Waals surface area contributed by atoms with Crippen molar-refractivity contribution in [3.63, 3.8) is 0 Å². The summed E-state index contributed by atoms with van der Waals surface area (Å²) in [6, 6.07) is 8.41. The Morgan fingerprint density at radius 3 is 3.00 bits per heavy atom. The lowest BCUT2D eigenvalue weighted by Crippen LogP contribution is -2.14. The molecular formula is C11H13BrN2. The molecule has 0 aliphatic rings. The zero-order valence-corrected chi connectivity index (χ0v) is 9.47. The normalized spacial score (nSPS) is 10.9. The Balaban J connectivity index is 2.17. The summed E-state index contributed by atoms with van der Waals surface area (Å²) < 4.78 is 0. The van der Waals surface area contributed by atoms with Crippen molar-refractivity contribution in [2.75, 3.05) is 12.0 Å². The Labute approximate surface area is 91.8 Å². The van der Waals surface area contributed by atoms with Crippen LogP contribution < -0.4 is 5.32 Å². The molecule has 0 atom stereocenters. The number of fused-ring (bicyclic) bond motifs is 1. The molecular weight excluding hydrogens is 240 g/mol. The summed E-state index contributed by atoms with van der Waals surface area (Å²) in [5, 5.41) is 4.59. The fourth-order valence-electron chi connectivity index (χ4n) is 1.63. The summed E-state index contributed by atoms with van der Waals surface area (Å²) in [6.07, 6.45) is 3.16. The third kappa shape index (κ3) is 1.99. The second-order valence-electron chi connectivity index (χ2n) is 3.24. The van der Waals surface area contributed by atoms with Gasteiger partial charge in [-0.25, -0.2) is 0 Å². The number of rotatable bonds is 4. The smallest absolute Gasteiger partial charge is 0.0517 e. The highest BCUT2D eigenvalue weighted by molar-refractivity contribution is 9.09. The molecule has 3 heteroatoms. The average molecular weight is 253 g/mol. The molecule has 1 aromatic heterocycles. The van der Waals surface area contributed by atoms with Crippen LogP contribution in [0.3, 0.4) is 0 Å². The van der Waals surface area contributed by atoms with Crippen molar-refractivity contribution < 1.29 is 0 Å². The van der Waals surface area contributed by atoms with Crippen molar-refractivity contribution in [3.05, 3.63) is 36.0 Å². The van der Waals surface area contributed by atoms with Crippen LogP contribution in [0.15, 0.2) is 30.5 Å². The molecule has 0 aliphatic carbocycles. The number of benzene rings is 1. The Hall–Kier alpha value is -0.800. The number of aromatic nitrogens is 1. The van der Waals surface area contributed by atoms with Crippen LogP contribution in [-0.4, -0.2) is 17.0 Å². The van der Waals surface area contributed by atoms with E-state index in [1.54, 1.807) is 0 Å². The molecule has 0 unspecified atom stereocenters. The monoisotopic (exact) mass is 252 g/mol. The van der Waals surface area contributed by atoms with Gasteiger partial charge < -0.3 is 10.3 Å². The molecule has 0 bridgehead atoms. The van der Waals surface area contributed by atoms with Gasteiger partial charge in [-0.05, 0) is 18.1 Å². The highest BCUT2D eigenvalue weighted by atomic mass is 79.9. The van der Waals surface area contributed by atoms with E-state index in [0.29, 0.717) is 0 Å². The number of hydrogen-bond acceptors (Lipinski definition) is 1. The SMILES string of the molecule is BrCNCCc1c[nH]c2ccccc12. The highest BCUT2D eigenvalue weighted by Gasteiger charge is 2.01. The van der Waals surface area contributed by atoms with Crippen molar-refractivity contribution in [2.24, 2.45) is 0 Å². The molecule has 0 amide bonds. The lowest BCUT2D eigenvalue weighted by atomic mass is 10.1. The minimum Gasteiger partial charge on any atom is -0.361 e. The minimum absolute atomic E-state index is 0.857. The van der Waals surface area contributed by atoms with Gasteiger partial charge in [0, 0.05) is 23.6 Å². The molecule has 0 fully saturated rings. The van der Waals surface area contributed by atoms with Gasteiger partial charge in [-0.1, -0.05) is 34.1 Å². The van der Waals surface area contributed by atoms with Gasteiger partial charge in [0.15, 0.2) is 0 Å².